The fraction of sp³-hybridized carbons (Fsp3) is 0.636. The molecule has 1 atom stereocenters. The molecule has 0 radical (unpaired) electrons. The molecule has 0 amide bonds. The van der Waals surface area contributed by atoms with Crippen molar-refractivity contribution in [2.75, 3.05) is 0 Å². The summed E-state index contributed by atoms with van der Waals surface area (Å²) in [5.41, 5.74) is 1.40. The molecule has 0 aliphatic heterocycles. The van der Waals surface area contributed by atoms with Crippen molar-refractivity contribution in [3.63, 3.8) is 0 Å². The van der Waals surface area contributed by atoms with Crippen molar-refractivity contribution >= 4 is 0 Å². The monoisotopic (exact) mass is 163 g/mol. The van der Waals surface area contributed by atoms with Crippen LogP contribution in [0, 0.1) is 0 Å². The van der Waals surface area contributed by atoms with E-state index in [1.54, 1.807) is 0 Å². The molecular formula is C11H17N. The van der Waals surface area contributed by atoms with Crippen LogP contribution >= 0.6 is 0 Å². The van der Waals surface area contributed by atoms with Crippen molar-refractivity contribution in [2.24, 2.45) is 0 Å². The molecule has 0 aromatic rings. The van der Waals surface area contributed by atoms with Gasteiger partial charge in [-0.15, -0.1) is 0 Å². The third kappa shape index (κ3) is 1.78. The summed E-state index contributed by atoms with van der Waals surface area (Å²) in [5, 5.41) is 3.64. The minimum atomic E-state index is 0.610. The first-order chi connectivity index (χ1) is 5.84. The molecule has 1 heteroatoms. The first-order valence-corrected chi connectivity index (χ1v) is 4.95. The maximum atomic E-state index is 3.64. The molecule has 0 aromatic carbocycles. The highest BCUT2D eigenvalue weighted by atomic mass is 15.0. The molecule has 2 rings (SSSR count). The van der Waals surface area contributed by atoms with E-state index in [1.807, 2.05) is 0 Å². The predicted molar refractivity (Wildman–Crippen MR) is 52.1 cm³/mol. The van der Waals surface area contributed by atoms with Gasteiger partial charge in [0.05, 0.1) is 0 Å². The summed E-state index contributed by atoms with van der Waals surface area (Å²) in [5.74, 6) is 0. The van der Waals surface area contributed by atoms with E-state index in [4.69, 9.17) is 0 Å². The van der Waals surface area contributed by atoms with Crippen LogP contribution in [-0.4, -0.2) is 12.1 Å². The summed E-state index contributed by atoms with van der Waals surface area (Å²) >= 11 is 0. The van der Waals surface area contributed by atoms with E-state index in [-0.39, 0.29) is 0 Å². The Hall–Kier alpha value is -0.560. The van der Waals surface area contributed by atoms with Gasteiger partial charge in [0, 0.05) is 12.1 Å². The SMILES string of the molecule is CC1=CCC(NC2CCC2)C=C1. The average molecular weight is 163 g/mol. The summed E-state index contributed by atoms with van der Waals surface area (Å²) in [6.45, 7) is 2.16. The molecule has 0 spiro atoms. The second kappa shape index (κ2) is 3.44. The molecule has 66 valence electrons. The fourth-order valence-corrected chi connectivity index (χ4v) is 1.73. The molecule has 0 aromatic heterocycles. The number of hydrogen-bond acceptors (Lipinski definition) is 1. The van der Waals surface area contributed by atoms with Gasteiger partial charge < -0.3 is 5.32 Å². The van der Waals surface area contributed by atoms with E-state index in [2.05, 4.69) is 30.5 Å². The van der Waals surface area contributed by atoms with Gasteiger partial charge in [-0.05, 0) is 26.2 Å². The zero-order valence-corrected chi connectivity index (χ0v) is 7.72. The molecule has 1 nitrogen and oxygen atoms in total. The molecule has 0 heterocycles. The zero-order chi connectivity index (χ0) is 8.39. The highest BCUT2D eigenvalue weighted by Gasteiger charge is 2.19. The Kier molecular flexibility index (Phi) is 2.31. The van der Waals surface area contributed by atoms with Gasteiger partial charge in [0.15, 0.2) is 0 Å². The van der Waals surface area contributed by atoms with E-state index in [0.29, 0.717) is 6.04 Å². The van der Waals surface area contributed by atoms with E-state index >= 15 is 0 Å². The van der Waals surface area contributed by atoms with Crippen LogP contribution in [0.25, 0.3) is 0 Å². The molecular weight excluding hydrogens is 146 g/mol. The third-order valence-electron chi connectivity index (χ3n) is 2.84. The number of allylic oxidation sites excluding steroid dienone is 2. The molecule has 2 aliphatic carbocycles. The van der Waals surface area contributed by atoms with Crippen molar-refractivity contribution in [1.82, 2.24) is 5.32 Å². The normalized spacial score (nSPS) is 29.8. The fourth-order valence-electron chi connectivity index (χ4n) is 1.73. The summed E-state index contributed by atoms with van der Waals surface area (Å²) < 4.78 is 0. The van der Waals surface area contributed by atoms with Crippen molar-refractivity contribution < 1.29 is 0 Å². The van der Waals surface area contributed by atoms with Crippen LogP contribution in [0.4, 0.5) is 0 Å². The van der Waals surface area contributed by atoms with Crippen molar-refractivity contribution in [2.45, 2.75) is 44.7 Å². The Morgan fingerprint density at radius 2 is 2.25 bits per heavy atom. The molecule has 0 bridgehead atoms. The van der Waals surface area contributed by atoms with Crippen LogP contribution in [0.15, 0.2) is 23.8 Å². The van der Waals surface area contributed by atoms with E-state index in [0.717, 1.165) is 6.04 Å². The van der Waals surface area contributed by atoms with Crippen LogP contribution in [0.1, 0.15) is 32.6 Å². The minimum absolute atomic E-state index is 0.610. The van der Waals surface area contributed by atoms with Crippen molar-refractivity contribution in [1.29, 1.82) is 0 Å². The average Bonchev–Trinajstić information content (AvgIpc) is 2.00. The molecule has 1 N–H and O–H groups in total. The Morgan fingerprint density at radius 3 is 2.75 bits per heavy atom. The van der Waals surface area contributed by atoms with Crippen molar-refractivity contribution in [3.05, 3.63) is 23.8 Å². The Balaban J connectivity index is 1.79. The molecule has 0 saturated heterocycles. The lowest BCUT2D eigenvalue weighted by Gasteiger charge is -2.30. The van der Waals surface area contributed by atoms with Crippen LogP contribution in [-0.2, 0) is 0 Å². The number of hydrogen-bond donors (Lipinski definition) is 1. The van der Waals surface area contributed by atoms with Gasteiger partial charge >= 0.3 is 0 Å². The van der Waals surface area contributed by atoms with E-state index in [9.17, 15) is 0 Å². The minimum Gasteiger partial charge on any atom is -0.307 e. The van der Waals surface area contributed by atoms with Crippen LogP contribution < -0.4 is 5.32 Å². The highest BCUT2D eigenvalue weighted by molar-refractivity contribution is 5.23. The van der Waals surface area contributed by atoms with Crippen molar-refractivity contribution in [3.8, 4) is 0 Å². The van der Waals surface area contributed by atoms with E-state index < -0.39 is 0 Å². The Labute approximate surface area is 74.5 Å². The quantitative estimate of drug-likeness (QED) is 0.659. The molecule has 1 unspecified atom stereocenters. The maximum Gasteiger partial charge on any atom is 0.0290 e. The summed E-state index contributed by atoms with van der Waals surface area (Å²) in [4.78, 5) is 0. The number of nitrogens with one attached hydrogen (secondary N) is 1. The lowest BCUT2D eigenvalue weighted by Crippen LogP contribution is -2.41. The van der Waals surface area contributed by atoms with Gasteiger partial charge in [-0.2, -0.15) is 0 Å². The number of rotatable bonds is 2. The second-order valence-electron chi connectivity index (χ2n) is 3.94. The largest absolute Gasteiger partial charge is 0.307 e. The Morgan fingerprint density at radius 1 is 1.42 bits per heavy atom. The maximum absolute atomic E-state index is 3.64. The van der Waals surface area contributed by atoms with E-state index in [1.165, 1.54) is 31.3 Å². The Bertz CT molecular complexity index is 211. The van der Waals surface area contributed by atoms with Gasteiger partial charge in [0.2, 0.25) is 0 Å². The molecule has 12 heavy (non-hydrogen) atoms. The zero-order valence-electron chi connectivity index (χ0n) is 7.72. The summed E-state index contributed by atoms with van der Waals surface area (Å²) in [6, 6.07) is 1.42. The van der Waals surface area contributed by atoms with Gasteiger partial charge in [-0.25, -0.2) is 0 Å². The molecule has 2 aliphatic rings. The molecule has 1 fully saturated rings. The lowest BCUT2D eigenvalue weighted by atomic mass is 9.91. The summed E-state index contributed by atoms with van der Waals surface area (Å²) in [7, 11) is 0. The standard InChI is InChI=1S/C11H17N/c1-9-5-7-11(8-6-9)12-10-3-2-4-10/h5-7,10-12H,2-4,8H2,1H3. The second-order valence-corrected chi connectivity index (χ2v) is 3.94. The van der Waals surface area contributed by atoms with Crippen LogP contribution in [0.2, 0.25) is 0 Å². The highest BCUT2D eigenvalue weighted by Crippen LogP contribution is 2.20. The summed E-state index contributed by atoms with van der Waals surface area (Å²) in [6.07, 6.45) is 12.2. The van der Waals surface area contributed by atoms with Crippen LogP contribution in [0.5, 0.6) is 0 Å². The first-order valence-electron chi connectivity index (χ1n) is 4.95. The molecule has 1 saturated carbocycles. The first kappa shape index (κ1) is 8.06. The topological polar surface area (TPSA) is 12.0 Å². The van der Waals surface area contributed by atoms with Crippen LogP contribution in [0.3, 0.4) is 0 Å². The lowest BCUT2D eigenvalue weighted by molar-refractivity contribution is 0.321. The van der Waals surface area contributed by atoms with Gasteiger partial charge in [0.1, 0.15) is 0 Å². The smallest absolute Gasteiger partial charge is 0.0290 e. The van der Waals surface area contributed by atoms with Gasteiger partial charge in [-0.3, -0.25) is 0 Å². The predicted octanol–water partition coefficient (Wildman–Crippen LogP) is 2.40. The third-order valence-corrected chi connectivity index (χ3v) is 2.84. The van der Waals surface area contributed by atoms with Gasteiger partial charge in [-0.1, -0.05) is 30.2 Å². The van der Waals surface area contributed by atoms with Gasteiger partial charge in [0.25, 0.3) is 0 Å².